The number of rotatable bonds is 4. The Morgan fingerprint density at radius 3 is 2.79 bits per heavy atom. The summed E-state index contributed by atoms with van der Waals surface area (Å²) in [5.41, 5.74) is 3.56. The van der Waals surface area contributed by atoms with Crippen LogP contribution in [0.3, 0.4) is 0 Å². The van der Waals surface area contributed by atoms with Crippen molar-refractivity contribution in [2.24, 2.45) is 0 Å². The van der Waals surface area contributed by atoms with Crippen LogP contribution in [0.2, 0.25) is 0 Å². The van der Waals surface area contributed by atoms with Crippen molar-refractivity contribution in [3.05, 3.63) is 69.6 Å². The predicted octanol–water partition coefficient (Wildman–Crippen LogP) is 5.68. The lowest BCUT2D eigenvalue weighted by molar-refractivity contribution is 0.102. The summed E-state index contributed by atoms with van der Waals surface area (Å²) in [5, 5.41) is 3.86. The van der Waals surface area contributed by atoms with Crippen molar-refractivity contribution in [3.8, 4) is 0 Å². The highest BCUT2D eigenvalue weighted by Gasteiger charge is 2.16. The van der Waals surface area contributed by atoms with Crippen LogP contribution in [-0.2, 0) is 6.54 Å². The molecule has 4 rings (SSSR count). The van der Waals surface area contributed by atoms with Crippen LogP contribution in [0.25, 0.3) is 10.9 Å². The first-order valence-corrected chi connectivity index (χ1v) is 10.7. The molecule has 0 unspecified atom stereocenters. The molecule has 0 aliphatic carbocycles. The van der Waals surface area contributed by atoms with Gasteiger partial charge in [-0.15, -0.1) is 0 Å². The molecule has 2 aromatic carbocycles. The quantitative estimate of drug-likeness (QED) is 0.549. The molecule has 0 radical (unpaired) electrons. The van der Waals surface area contributed by atoms with Crippen LogP contribution in [0, 0.1) is 12.7 Å². The fourth-order valence-electron chi connectivity index (χ4n) is 3.86. The summed E-state index contributed by atoms with van der Waals surface area (Å²) in [4.78, 5) is 19.7. The van der Waals surface area contributed by atoms with Crippen molar-refractivity contribution < 1.29 is 9.18 Å². The molecule has 0 atom stereocenters. The Balaban J connectivity index is 1.56. The third-order valence-corrected chi connectivity index (χ3v) is 6.07. The summed E-state index contributed by atoms with van der Waals surface area (Å²) >= 11 is 3.12. The fraction of sp³-hybridized carbons (Fsp3) is 0.304. The van der Waals surface area contributed by atoms with Gasteiger partial charge in [0.25, 0.3) is 5.91 Å². The maximum atomic E-state index is 14.2. The van der Waals surface area contributed by atoms with Gasteiger partial charge in [-0.05, 0) is 84.2 Å². The number of piperidine rings is 1. The van der Waals surface area contributed by atoms with Gasteiger partial charge in [-0.25, -0.2) is 4.39 Å². The van der Waals surface area contributed by atoms with Crippen molar-refractivity contribution in [1.29, 1.82) is 0 Å². The predicted molar refractivity (Wildman–Crippen MR) is 118 cm³/mol. The molecule has 3 aromatic rings. The number of amides is 1. The van der Waals surface area contributed by atoms with Gasteiger partial charge in [0.15, 0.2) is 0 Å². The summed E-state index contributed by atoms with van der Waals surface area (Å²) in [7, 11) is 0. The van der Waals surface area contributed by atoms with Gasteiger partial charge in [0.05, 0.1) is 15.6 Å². The molecular weight excluding hydrogens is 433 g/mol. The molecule has 4 nitrogen and oxygen atoms in total. The van der Waals surface area contributed by atoms with Crippen molar-refractivity contribution in [2.75, 3.05) is 18.4 Å². The second kappa shape index (κ2) is 8.59. The van der Waals surface area contributed by atoms with Gasteiger partial charge in [0.1, 0.15) is 5.82 Å². The second-order valence-electron chi connectivity index (χ2n) is 7.55. The minimum absolute atomic E-state index is 0.00344. The molecule has 1 aromatic heterocycles. The molecule has 29 heavy (non-hydrogen) atoms. The van der Waals surface area contributed by atoms with Crippen LogP contribution in [-0.4, -0.2) is 28.9 Å². The molecule has 150 valence electrons. The van der Waals surface area contributed by atoms with Crippen LogP contribution in [0.1, 0.15) is 40.7 Å². The van der Waals surface area contributed by atoms with Crippen LogP contribution in [0.4, 0.5) is 10.1 Å². The zero-order valence-electron chi connectivity index (χ0n) is 16.3. The molecule has 1 amide bonds. The van der Waals surface area contributed by atoms with E-state index in [2.05, 4.69) is 37.2 Å². The Bertz CT molecular complexity index is 1060. The molecule has 0 bridgehead atoms. The number of carbonyl (C=O) groups excluding carboxylic acids is 1. The van der Waals surface area contributed by atoms with E-state index >= 15 is 0 Å². The number of hydrogen-bond acceptors (Lipinski definition) is 3. The van der Waals surface area contributed by atoms with Crippen LogP contribution in [0.5, 0.6) is 0 Å². The number of hydrogen-bond donors (Lipinski definition) is 1. The number of aromatic nitrogens is 1. The average molecular weight is 456 g/mol. The van der Waals surface area contributed by atoms with Crippen LogP contribution < -0.4 is 5.32 Å². The third-order valence-electron chi connectivity index (χ3n) is 5.46. The van der Waals surface area contributed by atoms with E-state index in [0.717, 1.165) is 36.1 Å². The largest absolute Gasteiger partial charge is 0.322 e. The van der Waals surface area contributed by atoms with Crippen molar-refractivity contribution >= 4 is 38.4 Å². The first-order chi connectivity index (χ1) is 14.0. The molecular formula is C23H23BrFN3O. The monoisotopic (exact) mass is 455 g/mol. The standard InChI is InChI=1S/C23H23BrFN3O/c1-15-20(27-23(29)18-6-5-7-19(24)21(18)25)9-8-17-12-16(13-26-22(15)17)14-28-10-3-2-4-11-28/h5-9,12-13H,2-4,10-11,14H2,1H3,(H,27,29). The second-order valence-corrected chi connectivity index (χ2v) is 8.40. The maximum absolute atomic E-state index is 14.2. The van der Waals surface area contributed by atoms with E-state index < -0.39 is 11.7 Å². The molecule has 1 aliphatic heterocycles. The molecule has 1 fully saturated rings. The Hall–Kier alpha value is -2.31. The zero-order valence-corrected chi connectivity index (χ0v) is 17.9. The van der Waals surface area contributed by atoms with E-state index in [1.165, 1.54) is 30.9 Å². The summed E-state index contributed by atoms with van der Waals surface area (Å²) in [6.07, 6.45) is 5.77. The van der Waals surface area contributed by atoms with E-state index in [4.69, 9.17) is 0 Å². The molecule has 0 spiro atoms. The molecule has 0 saturated carbocycles. The fourth-order valence-corrected chi connectivity index (χ4v) is 4.23. The van der Waals surface area contributed by atoms with E-state index in [-0.39, 0.29) is 10.0 Å². The normalized spacial score (nSPS) is 14.9. The molecule has 1 saturated heterocycles. The first kappa shape index (κ1) is 20.0. The Kier molecular flexibility index (Phi) is 5.92. The first-order valence-electron chi connectivity index (χ1n) is 9.89. The molecule has 1 N–H and O–H groups in total. The number of pyridine rings is 1. The summed E-state index contributed by atoms with van der Waals surface area (Å²) < 4.78 is 14.5. The Morgan fingerprint density at radius 2 is 2.00 bits per heavy atom. The highest BCUT2D eigenvalue weighted by Crippen LogP contribution is 2.26. The number of carbonyl (C=O) groups is 1. The zero-order chi connectivity index (χ0) is 20.4. The number of nitrogens with one attached hydrogen (secondary N) is 1. The molecule has 1 aliphatic rings. The SMILES string of the molecule is Cc1c(NC(=O)c2cccc(Br)c2F)ccc2cc(CN3CCCCC3)cnc12. The van der Waals surface area contributed by atoms with E-state index in [0.29, 0.717) is 5.69 Å². The van der Waals surface area contributed by atoms with Gasteiger partial charge in [-0.3, -0.25) is 14.7 Å². The van der Waals surface area contributed by atoms with E-state index in [9.17, 15) is 9.18 Å². The van der Waals surface area contributed by atoms with Crippen molar-refractivity contribution in [1.82, 2.24) is 9.88 Å². The maximum Gasteiger partial charge on any atom is 0.258 e. The lowest BCUT2D eigenvalue weighted by Gasteiger charge is -2.26. The van der Waals surface area contributed by atoms with E-state index in [1.54, 1.807) is 12.1 Å². The van der Waals surface area contributed by atoms with Crippen molar-refractivity contribution in [3.63, 3.8) is 0 Å². The third kappa shape index (κ3) is 4.33. The van der Waals surface area contributed by atoms with Crippen molar-refractivity contribution in [2.45, 2.75) is 32.7 Å². The number of fused-ring (bicyclic) bond motifs is 1. The van der Waals surface area contributed by atoms with Gasteiger partial charge < -0.3 is 5.32 Å². The lowest BCUT2D eigenvalue weighted by atomic mass is 10.1. The van der Waals surface area contributed by atoms with Gasteiger partial charge in [0, 0.05) is 23.8 Å². The topological polar surface area (TPSA) is 45.2 Å². The summed E-state index contributed by atoms with van der Waals surface area (Å²) in [5.74, 6) is -1.04. The number of nitrogens with zero attached hydrogens (tertiary/aromatic N) is 2. The smallest absolute Gasteiger partial charge is 0.258 e. The minimum Gasteiger partial charge on any atom is -0.322 e. The number of likely N-dealkylation sites (tertiary alicyclic amines) is 1. The van der Waals surface area contributed by atoms with Gasteiger partial charge >= 0.3 is 0 Å². The molecule has 6 heteroatoms. The average Bonchev–Trinajstić information content (AvgIpc) is 2.73. The van der Waals surface area contributed by atoms with Crippen LogP contribution in [0.15, 0.2) is 47.1 Å². The molecule has 2 heterocycles. The van der Waals surface area contributed by atoms with Crippen LogP contribution >= 0.6 is 15.9 Å². The van der Waals surface area contributed by atoms with Gasteiger partial charge in [0.2, 0.25) is 0 Å². The summed E-state index contributed by atoms with van der Waals surface area (Å²) in [6, 6.07) is 10.7. The number of aryl methyl sites for hydroxylation is 1. The highest BCUT2D eigenvalue weighted by atomic mass is 79.9. The Labute approximate surface area is 178 Å². The highest BCUT2D eigenvalue weighted by molar-refractivity contribution is 9.10. The van der Waals surface area contributed by atoms with Gasteiger partial charge in [-0.1, -0.05) is 18.6 Å². The minimum atomic E-state index is -0.566. The van der Waals surface area contributed by atoms with E-state index in [1.807, 2.05) is 25.3 Å². The van der Waals surface area contributed by atoms with Gasteiger partial charge in [-0.2, -0.15) is 0 Å². The number of benzene rings is 2. The lowest BCUT2D eigenvalue weighted by Crippen LogP contribution is -2.29. The number of halogens is 2. The summed E-state index contributed by atoms with van der Waals surface area (Å²) in [6.45, 7) is 5.14. The number of anilines is 1. The Morgan fingerprint density at radius 1 is 1.21 bits per heavy atom.